The van der Waals surface area contributed by atoms with Gasteiger partial charge in [-0.05, 0) is 32.6 Å². The lowest BCUT2D eigenvalue weighted by molar-refractivity contribution is 0.165. The molecule has 1 amide bonds. The van der Waals surface area contributed by atoms with Gasteiger partial charge in [0, 0.05) is 17.3 Å². The van der Waals surface area contributed by atoms with Gasteiger partial charge < -0.3 is 10.4 Å². The van der Waals surface area contributed by atoms with E-state index in [-0.39, 0.29) is 5.92 Å². The maximum Gasteiger partial charge on any atom is 0.405 e. The van der Waals surface area contributed by atoms with E-state index < -0.39 is 11.6 Å². The third-order valence-corrected chi connectivity index (χ3v) is 2.80. The number of carboxylic acid groups (broad SMARTS) is 1. The Morgan fingerprint density at radius 1 is 1.36 bits per heavy atom. The Morgan fingerprint density at radius 3 is 2.07 bits per heavy atom. The summed E-state index contributed by atoms with van der Waals surface area (Å²) >= 11 is 11.3. The monoisotopic (exact) mass is 241 g/mol. The number of hydrogen-bond acceptors (Lipinski definition) is 1. The molecule has 0 unspecified atom stereocenters. The van der Waals surface area contributed by atoms with Crippen LogP contribution in [0.1, 0.15) is 26.7 Å². The molecule has 0 fully saturated rings. The van der Waals surface area contributed by atoms with Crippen LogP contribution in [-0.2, 0) is 0 Å². The lowest BCUT2D eigenvalue weighted by atomic mass is 9.83. The average Bonchev–Trinajstić information content (AvgIpc) is 2.01. The van der Waals surface area contributed by atoms with Crippen LogP contribution < -0.4 is 5.32 Å². The normalized spacial score (nSPS) is 11.8. The van der Waals surface area contributed by atoms with Gasteiger partial charge in [0.25, 0.3) is 0 Å². The molecule has 0 aliphatic carbocycles. The summed E-state index contributed by atoms with van der Waals surface area (Å²) in [6, 6.07) is 0. The summed E-state index contributed by atoms with van der Waals surface area (Å²) in [5.74, 6) is 1.21. The molecule has 5 heteroatoms. The maximum absolute atomic E-state index is 10.6. The predicted molar refractivity (Wildman–Crippen MR) is 59.4 cm³/mol. The van der Waals surface area contributed by atoms with Crippen molar-refractivity contribution in [2.75, 3.05) is 11.8 Å². The van der Waals surface area contributed by atoms with E-state index in [1.807, 2.05) is 13.8 Å². The molecule has 0 aliphatic rings. The van der Waals surface area contributed by atoms with E-state index in [4.69, 9.17) is 28.3 Å². The van der Waals surface area contributed by atoms with Gasteiger partial charge in [-0.1, -0.05) is 0 Å². The van der Waals surface area contributed by atoms with E-state index in [0.29, 0.717) is 11.8 Å². The predicted octanol–water partition coefficient (Wildman–Crippen LogP) is 2.91. The summed E-state index contributed by atoms with van der Waals surface area (Å²) in [6.45, 7) is 3.70. The Hall–Kier alpha value is -0.150. The van der Waals surface area contributed by atoms with Crippen molar-refractivity contribution in [3.8, 4) is 0 Å². The van der Waals surface area contributed by atoms with Crippen LogP contribution in [0, 0.1) is 5.92 Å². The average molecular weight is 242 g/mol. The zero-order valence-electron chi connectivity index (χ0n) is 8.52. The largest absolute Gasteiger partial charge is 0.465 e. The molecule has 2 N–H and O–H groups in total. The first kappa shape index (κ1) is 13.8. The van der Waals surface area contributed by atoms with Crippen molar-refractivity contribution >= 4 is 29.3 Å². The minimum absolute atomic E-state index is 0.175. The number of rotatable bonds is 6. The van der Waals surface area contributed by atoms with Crippen LogP contribution in [0.25, 0.3) is 0 Å². The first-order chi connectivity index (χ1) is 6.44. The summed E-state index contributed by atoms with van der Waals surface area (Å²) in [4.78, 5) is 10.6. The van der Waals surface area contributed by atoms with Gasteiger partial charge in [0.1, 0.15) is 0 Å². The van der Waals surface area contributed by atoms with Crippen LogP contribution in [0.4, 0.5) is 4.79 Å². The number of amides is 1. The van der Waals surface area contributed by atoms with Crippen LogP contribution in [-0.4, -0.2) is 28.5 Å². The molecule has 0 bridgehead atoms. The van der Waals surface area contributed by atoms with E-state index in [9.17, 15) is 4.79 Å². The number of hydrogen-bond donors (Lipinski definition) is 2. The van der Waals surface area contributed by atoms with E-state index in [2.05, 4.69) is 5.32 Å². The summed E-state index contributed by atoms with van der Waals surface area (Å²) in [5, 5.41) is 11.1. The highest BCUT2D eigenvalue weighted by molar-refractivity contribution is 6.18. The van der Waals surface area contributed by atoms with Crippen molar-refractivity contribution in [2.45, 2.75) is 32.2 Å². The summed E-state index contributed by atoms with van der Waals surface area (Å²) in [6.07, 6.45) is 0.521. The fourth-order valence-electron chi connectivity index (χ4n) is 1.51. The van der Waals surface area contributed by atoms with Crippen molar-refractivity contribution in [2.24, 2.45) is 5.92 Å². The van der Waals surface area contributed by atoms with Gasteiger partial charge in [-0.25, -0.2) is 4.79 Å². The second kappa shape index (κ2) is 6.36. The highest BCUT2D eigenvalue weighted by Crippen LogP contribution is 2.24. The molecule has 0 saturated heterocycles. The topological polar surface area (TPSA) is 49.3 Å². The maximum atomic E-state index is 10.6. The molecule has 0 atom stereocenters. The van der Waals surface area contributed by atoms with E-state index in [0.717, 1.165) is 12.8 Å². The molecule has 0 saturated carbocycles. The fraction of sp³-hybridized carbons (Fsp3) is 0.889. The Kier molecular flexibility index (Phi) is 6.29. The minimum atomic E-state index is -1.01. The molecule has 14 heavy (non-hydrogen) atoms. The Bertz CT molecular complexity index is 180. The molecule has 0 aliphatic heterocycles. The molecule has 0 radical (unpaired) electrons. The van der Waals surface area contributed by atoms with E-state index >= 15 is 0 Å². The van der Waals surface area contributed by atoms with Gasteiger partial charge in [0.2, 0.25) is 0 Å². The van der Waals surface area contributed by atoms with Gasteiger partial charge >= 0.3 is 6.09 Å². The van der Waals surface area contributed by atoms with E-state index in [1.54, 1.807) is 0 Å². The molecule has 84 valence electrons. The molecule has 0 aromatic heterocycles. The Balaban J connectivity index is 4.35. The van der Waals surface area contributed by atoms with Crippen molar-refractivity contribution in [1.29, 1.82) is 0 Å². The third-order valence-electron chi connectivity index (χ3n) is 2.36. The Labute approximate surface area is 94.8 Å². The zero-order chi connectivity index (χ0) is 11.2. The van der Waals surface area contributed by atoms with Gasteiger partial charge in [0.15, 0.2) is 0 Å². The number of carbonyl (C=O) groups is 1. The molecule has 0 aromatic rings. The Morgan fingerprint density at radius 2 is 1.79 bits per heavy atom. The summed E-state index contributed by atoms with van der Waals surface area (Å²) in [5.41, 5.74) is -0.477. The molecular weight excluding hydrogens is 225 g/mol. The third kappa shape index (κ3) is 4.91. The fourth-order valence-corrected chi connectivity index (χ4v) is 2.03. The molecule has 0 rings (SSSR count). The highest BCUT2D eigenvalue weighted by Gasteiger charge is 2.29. The van der Waals surface area contributed by atoms with Crippen LogP contribution in [0.5, 0.6) is 0 Å². The van der Waals surface area contributed by atoms with Crippen LogP contribution in [0.15, 0.2) is 0 Å². The van der Waals surface area contributed by atoms with Gasteiger partial charge in [-0.3, -0.25) is 0 Å². The molecule has 0 aromatic carbocycles. The molecule has 0 heterocycles. The standard InChI is InChI=1S/C9H17Cl2NO2/c1-9(2,12-8(13)14)7(3-5-10)4-6-11/h7,12H,3-6H2,1-2H3,(H,13,14). The number of alkyl halides is 2. The van der Waals surface area contributed by atoms with Crippen LogP contribution in [0.3, 0.4) is 0 Å². The van der Waals surface area contributed by atoms with Crippen LogP contribution in [0.2, 0.25) is 0 Å². The number of halogens is 2. The molecular formula is C9H17Cl2NO2. The van der Waals surface area contributed by atoms with E-state index in [1.165, 1.54) is 0 Å². The second-order valence-electron chi connectivity index (χ2n) is 3.80. The highest BCUT2D eigenvalue weighted by atomic mass is 35.5. The van der Waals surface area contributed by atoms with Gasteiger partial charge in [-0.2, -0.15) is 0 Å². The lowest BCUT2D eigenvalue weighted by Crippen LogP contribution is -2.48. The summed E-state index contributed by atoms with van der Waals surface area (Å²) < 4.78 is 0. The molecule has 3 nitrogen and oxygen atoms in total. The first-order valence-corrected chi connectivity index (χ1v) is 5.64. The van der Waals surface area contributed by atoms with Crippen molar-refractivity contribution in [3.63, 3.8) is 0 Å². The SMILES string of the molecule is CC(C)(NC(=O)O)C(CCCl)CCCl. The second-order valence-corrected chi connectivity index (χ2v) is 4.56. The van der Waals surface area contributed by atoms with Crippen LogP contribution >= 0.6 is 23.2 Å². The smallest absolute Gasteiger partial charge is 0.405 e. The zero-order valence-corrected chi connectivity index (χ0v) is 10.0. The quantitative estimate of drug-likeness (QED) is 0.703. The number of nitrogens with one attached hydrogen (secondary N) is 1. The minimum Gasteiger partial charge on any atom is -0.465 e. The van der Waals surface area contributed by atoms with Crippen molar-refractivity contribution < 1.29 is 9.90 Å². The van der Waals surface area contributed by atoms with Gasteiger partial charge in [0.05, 0.1) is 0 Å². The first-order valence-electron chi connectivity index (χ1n) is 4.57. The summed E-state index contributed by atoms with van der Waals surface area (Å²) in [7, 11) is 0. The van der Waals surface area contributed by atoms with Crippen molar-refractivity contribution in [1.82, 2.24) is 5.32 Å². The molecule has 0 spiro atoms. The lowest BCUT2D eigenvalue weighted by Gasteiger charge is -2.33. The van der Waals surface area contributed by atoms with Gasteiger partial charge in [-0.15, -0.1) is 23.2 Å². The van der Waals surface area contributed by atoms with Crippen molar-refractivity contribution in [3.05, 3.63) is 0 Å².